The van der Waals surface area contributed by atoms with E-state index in [0.29, 0.717) is 0 Å². The highest BCUT2D eigenvalue weighted by molar-refractivity contribution is 5.30. The van der Waals surface area contributed by atoms with Crippen molar-refractivity contribution in [3.63, 3.8) is 0 Å². The third-order valence-corrected chi connectivity index (χ3v) is 2.65. The van der Waals surface area contributed by atoms with Crippen molar-refractivity contribution in [2.24, 2.45) is 0 Å². The van der Waals surface area contributed by atoms with Crippen LogP contribution >= 0.6 is 0 Å². The Morgan fingerprint density at radius 2 is 2.35 bits per heavy atom. The van der Waals surface area contributed by atoms with Crippen LogP contribution in [0, 0.1) is 0 Å². The highest BCUT2D eigenvalue weighted by atomic mass is 19.1. The van der Waals surface area contributed by atoms with Crippen LogP contribution in [0.2, 0.25) is 0 Å². The number of nitrogen functional groups attached to an aromatic ring is 1. The number of aromatic nitrogens is 2. The van der Waals surface area contributed by atoms with E-state index in [1.54, 1.807) is 0 Å². The van der Waals surface area contributed by atoms with Gasteiger partial charge >= 0.3 is 5.69 Å². The van der Waals surface area contributed by atoms with E-state index in [9.17, 15) is 14.0 Å². The molecule has 4 N–H and O–H groups in total. The number of aliphatic hydroxyl groups is 1. The van der Waals surface area contributed by atoms with Crippen molar-refractivity contribution in [2.45, 2.75) is 24.9 Å². The average molecular weight is 245 g/mol. The van der Waals surface area contributed by atoms with Gasteiger partial charge in [0.1, 0.15) is 24.2 Å². The molecule has 0 aromatic carbocycles. The number of rotatable bonds is 2. The molecule has 0 saturated carbocycles. The fourth-order valence-corrected chi connectivity index (χ4v) is 1.74. The smallest absolute Gasteiger partial charge is 0.330 e. The number of aliphatic hydroxyl groups excluding tert-OH is 1. The lowest BCUT2D eigenvalue weighted by molar-refractivity contribution is -0.0355. The molecule has 1 aromatic heterocycles. The number of nitrogens with zero attached hydrogens (tertiary/aromatic N) is 1. The van der Waals surface area contributed by atoms with Gasteiger partial charge in [0, 0.05) is 12.6 Å². The monoisotopic (exact) mass is 245 g/mol. The van der Waals surface area contributed by atoms with Gasteiger partial charge in [-0.1, -0.05) is 0 Å². The van der Waals surface area contributed by atoms with Crippen LogP contribution in [0.5, 0.6) is 0 Å². The number of anilines is 1. The van der Waals surface area contributed by atoms with E-state index < -0.39 is 36.4 Å². The van der Waals surface area contributed by atoms with Gasteiger partial charge in [0.25, 0.3) is 5.56 Å². The highest BCUT2D eigenvalue weighted by Crippen LogP contribution is 2.29. The molecule has 1 aromatic rings. The molecule has 2 heterocycles. The number of nitrogens with two attached hydrogens (primary N) is 1. The minimum Gasteiger partial charge on any atom is -0.394 e. The second-order valence-electron chi connectivity index (χ2n) is 3.81. The topological polar surface area (TPSA) is 110 Å². The zero-order valence-electron chi connectivity index (χ0n) is 8.80. The third kappa shape index (κ3) is 2.08. The first-order valence-corrected chi connectivity index (χ1v) is 5.04. The van der Waals surface area contributed by atoms with E-state index in [1.807, 2.05) is 4.98 Å². The fourth-order valence-electron chi connectivity index (χ4n) is 1.74. The van der Waals surface area contributed by atoms with Crippen molar-refractivity contribution in [1.82, 2.24) is 9.55 Å². The summed E-state index contributed by atoms with van der Waals surface area (Å²) in [4.78, 5) is 24.5. The van der Waals surface area contributed by atoms with E-state index in [2.05, 4.69) is 0 Å². The minimum absolute atomic E-state index is 0.0728. The van der Waals surface area contributed by atoms with Gasteiger partial charge in [-0.15, -0.1) is 0 Å². The van der Waals surface area contributed by atoms with Gasteiger partial charge in [-0.2, -0.15) is 0 Å². The second kappa shape index (κ2) is 4.30. The predicted octanol–water partition coefficient (Wildman–Crippen LogP) is -1.26. The summed E-state index contributed by atoms with van der Waals surface area (Å²) >= 11 is 0. The molecule has 1 fully saturated rings. The molecule has 0 radical (unpaired) electrons. The molecule has 3 atom stereocenters. The molecule has 1 saturated heterocycles. The van der Waals surface area contributed by atoms with Gasteiger partial charge in [0.05, 0.1) is 6.61 Å². The Balaban J connectivity index is 2.34. The quantitative estimate of drug-likeness (QED) is 0.602. The van der Waals surface area contributed by atoms with E-state index in [4.69, 9.17) is 15.6 Å². The molecule has 1 aliphatic heterocycles. The largest absolute Gasteiger partial charge is 0.394 e. The van der Waals surface area contributed by atoms with Crippen LogP contribution < -0.4 is 17.0 Å². The lowest BCUT2D eigenvalue weighted by atomic mass is 10.2. The van der Waals surface area contributed by atoms with Gasteiger partial charge in [-0.3, -0.25) is 14.3 Å². The third-order valence-electron chi connectivity index (χ3n) is 2.65. The fraction of sp³-hybridized carbons (Fsp3) is 0.556. The number of nitrogens with one attached hydrogen (secondary N) is 1. The molecule has 0 spiro atoms. The molecule has 0 bridgehead atoms. The number of hydrogen-bond acceptors (Lipinski definition) is 5. The maximum atomic E-state index is 13.3. The molecule has 1 unspecified atom stereocenters. The number of ether oxygens (including phenoxy) is 1. The van der Waals surface area contributed by atoms with Crippen molar-refractivity contribution in [2.75, 3.05) is 12.3 Å². The lowest BCUT2D eigenvalue weighted by Gasteiger charge is -2.14. The van der Waals surface area contributed by atoms with Crippen molar-refractivity contribution in [3.05, 3.63) is 27.0 Å². The van der Waals surface area contributed by atoms with Crippen LogP contribution in [0.3, 0.4) is 0 Å². The average Bonchev–Trinajstić information content (AvgIpc) is 2.65. The van der Waals surface area contributed by atoms with Crippen LogP contribution in [0.25, 0.3) is 0 Å². The Morgan fingerprint density at radius 3 is 2.94 bits per heavy atom. The van der Waals surface area contributed by atoms with E-state index >= 15 is 0 Å². The number of hydrogen-bond donors (Lipinski definition) is 3. The van der Waals surface area contributed by atoms with Crippen LogP contribution in [0.4, 0.5) is 10.1 Å². The maximum absolute atomic E-state index is 13.3. The maximum Gasteiger partial charge on any atom is 0.330 e. The van der Waals surface area contributed by atoms with Gasteiger partial charge < -0.3 is 15.6 Å². The van der Waals surface area contributed by atoms with Crippen LogP contribution in [0.1, 0.15) is 12.6 Å². The summed E-state index contributed by atoms with van der Waals surface area (Å²) in [6.07, 6.45) is -2.14. The van der Waals surface area contributed by atoms with E-state index in [1.165, 1.54) is 0 Å². The van der Waals surface area contributed by atoms with Crippen LogP contribution in [0.15, 0.2) is 15.8 Å². The first kappa shape index (κ1) is 11.8. The van der Waals surface area contributed by atoms with Crippen molar-refractivity contribution >= 4 is 5.69 Å². The lowest BCUT2D eigenvalue weighted by Crippen LogP contribution is -2.33. The minimum atomic E-state index is -1.36. The summed E-state index contributed by atoms with van der Waals surface area (Å²) in [5, 5.41) is 8.83. The zero-order valence-corrected chi connectivity index (χ0v) is 8.80. The van der Waals surface area contributed by atoms with Gasteiger partial charge in [-0.05, 0) is 0 Å². The molecule has 7 nitrogen and oxygen atoms in total. The summed E-state index contributed by atoms with van der Waals surface area (Å²) < 4.78 is 19.5. The summed E-state index contributed by atoms with van der Waals surface area (Å²) in [5.74, 6) is 0. The SMILES string of the molecule is Nc1cn([C@H]2CC(F)[C@@H](CO)O2)c(=O)[nH]c1=O. The van der Waals surface area contributed by atoms with Gasteiger partial charge in [0.15, 0.2) is 0 Å². The zero-order chi connectivity index (χ0) is 12.6. The molecule has 17 heavy (non-hydrogen) atoms. The summed E-state index contributed by atoms with van der Waals surface area (Å²) in [6.45, 7) is -0.467. The molecule has 2 rings (SSSR count). The molecular weight excluding hydrogens is 233 g/mol. The molecule has 0 amide bonds. The number of aromatic amines is 1. The highest BCUT2D eigenvalue weighted by Gasteiger charge is 2.36. The van der Waals surface area contributed by atoms with E-state index in [0.717, 1.165) is 10.8 Å². The molecule has 94 valence electrons. The van der Waals surface area contributed by atoms with Crippen molar-refractivity contribution in [1.29, 1.82) is 0 Å². The number of alkyl halides is 1. The van der Waals surface area contributed by atoms with Gasteiger partial charge in [0.2, 0.25) is 0 Å². The Morgan fingerprint density at radius 1 is 1.65 bits per heavy atom. The van der Waals surface area contributed by atoms with Crippen molar-refractivity contribution < 1.29 is 14.2 Å². The van der Waals surface area contributed by atoms with Crippen molar-refractivity contribution in [3.8, 4) is 0 Å². The van der Waals surface area contributed by atoms with E-state index in [-0.39, 0.29) is 12.1 Å². The molecule has 1 aliphatic rings. The predicted molar refractivity (Wildman–Crippen MR) is 56.2 cm³/mol. The molecule has 8 heteroatoms. The summed E-state index contributed by atoms with van der Waals surface area (Å²) in [7, 11) is 0. The first-order valence-electron chi connectivity index (χ1n) is 5.04. The van der Waals surface area contributed by atoms with Crippen LogP contribution in [-0.4, -0.2) is 33.5 Å². The Bertz CT molecular complexity index is 526. The van der Waals surface area contributed by atoms with Crippen LogP contribution in [-0.2, 0) is 4.74 Å². The Kier molecular flexibility index (Phi) is 2.99. The normalized spacial score (nSPS) is 28.5. The second-order valence-corrected chi connectivity index (χ2v) is 3.81. The molecular formula is C9H12FN3O4. The number of halogens is 1. The van der Waals surface area contributed by atoms with Gasteiger partial charge in [-0.25, -0.2) is 9.18 Å². The Hall–Kier alpha value is -1.67. The Labute approximate surface area is 94.6 Å². The molecule has 0 aliphatic carbocycles. The standard InChI is InChI=1S/C9H12FN3O4/c10-4-1-7(17-6(4)3-14)13-2-5(11)8(15)12-9(13)16/h2,4,6-7,14H,1,3,11H2,(H,12,15,16)/t4?,6-,7-/m1/s1. The summed E-state index contributed by atoms with van der Waals surface area (Å²) in [6, 6.07) is 0. The first-order chi connectivity index (χ1) is 8.02. The number of H-pyrrole nitrogens is 1. The summed E-state index contributed by atoms with van der Waals surface area (Å²) in [5.41, 5.74) is 3.78.